The van der Waals surface area contributed by atoms with Crippen LogP contribution >= 0.6 is 11.3 Å². The van der Waals surface area contributed by atoms with Gasteiger partial charge in [-0.1, -0.05) is 6.42 Å². The summed E-state index contributed by atoms with van der Waals surface area (Å²) in [6, 6.07) is 0. The smallest absolute Gasteiger partial charge is 0.241 e. The van der Waals surface area contributed by atoms with E-state index in [0.717, 1.165) is 18.5 Å². The van der Waals surface area contributed by atoms with Gasteiger partial charge in [-0.05, 0) is 38.5 Å². The molecule has 0 saturated heterocycles. The molecule has 0 radical (unpaired) electrons. The van der Waals surface area contributed by atoms with Crippen molar-refractivity contribution in [2.45, 2.75) is 44.9 Å². The van der Waals surface area contributed by atoms with Crippen molar-refractivity contribution in [3.63, 3.8) is 0 Å². The number of aryl methyl sites for hydroxylation is 2. The Balaban J connectivity index is 1.72. The molecule has 0 atom stereocenters. The largest absolute Gasteiger partial charge is 0.358 e. The first-order chi connectivity index (χ1) is 9.65. The molecule has 5 nitrogen and oxygen atoms in total. The molecule has 0 aromatic carbocycles. The molecule has 0 spiro atoms. The van der Waals surface area contributed by atoms with Gasteiger partial charge in [0.1, 0.15) is 5.41 Å². The molecule has 1 aromatic rings. The van der Waals surface area contributed by atoms with Gasteiger partial charge in [0.25, 0.3) is 0 Å². The van der Waals surface area contributed by atoms with E-state index in [4.69, 9.17) is 0 Å². The van der Waals surface area contributed by atoms with Gasteiger partial charge in [0.15, 0.2) is 5.13 Å². The standard InChI is InChI=1S/C14H19N3O2S/c1-15-11(18)14(7-8-14)12(19)17-13-16-9-5-3-2-4-6-10(9)20-13/h2-8H2,1H3,(H,15,18)(H,16,17,19). The fraction of sp³-hybridized carbons (Fsp3) is 0.643. The minimum atomic E-state index is -0.849. The maximum atomic E-state index is 12.3. The van der Waals surface area contributed by atoms with Crippen LogP contribution in [0.4, 0.5) is 5.13 Å². The van der Waals surface area contributed by atoms with Gasteiger partial charge in [-0.3, -0.25) is 9.59 Å². The summed E-state index contributed by atoms with van der Waals surface area (Å²) in [5, 5.41) is 6.07. The van der Waals surface area contributed by atoms with Crippen LogP contribution in [0.5, 0.6) is 0 Å². The van der Waals surface area contributed by atoms with Gasteiger partial charge < -0.3 is 10.6 Å². The first-order valence-corrected chi connectivity index (χ1v) is 7.99. The van der Waals surface area contributed by atoms with Gasteiger partial charge in [0.05, 0.1) is 5.69 Å². The lowest BCUT2D eigenvalue weighted by atomic mass is 10.1. The maximum Gasteiger partial charge on any atom is 0.241 e. The number of hydrogen-bond acceptors (Lipinski definition) is 4. The highest BCUT2D eigenvalue weighted by Gasteiger charge is 2.56. The van der Waals surface area contributed by atoms with E-state index in [1.807, 2.05) is 0 Å². The number of nitrogens with zero attached hydrogens (tertiary/aromatic N) is 1. The second-order valence-corrected chi connectivity index (χ2v) is 6.65. The van der Waals surface area contributed by atoms with Gasteiger partial charge in [-0.2, -0.15) is 0 Å². The third-order valence-electron chi connectivity index (χ3n) is 4.16. The zero-order valence-electron chi connectivity index (χ0n) is 11.6. The topological polar surface area (TPSA) is 71.1 Å². The normalized spacial score (nSPS) is 19.6. The fourth-order valence-corrected chi connectivity index (χ4v) is 3.77. The fourth-order valence-electron chi connectivity index (χ4n) is 2.72. The number of hydrogen-bond donors (Lipinski definition) is 2. The van der Waals surface area contributed by atoms with E-state index in [1.54, 1.807) is 18.4 Å². The van der Waals surface area contributed by atoms with Gasteiger partial charge in [-0.15, -0.1) is 11.3 Å². The van der Waals surface area contributed by atoms with E-state index in [2.05, 4.69) is 15.6 Å². The number of aromatic nitrogens is 1. The summed E-state index contributed by atoms with van der Waals surface area (Å²) in [4.78, 5) is 29.9. The van der Waals surface area contributed by atoms with Crippen LogP contribution in [0.2, 0.25) is 0 Å². The SMILES string of the molecule is CNC(=O)C1(C(=O)Nc2nc3c(s2)CCCCC3)CC1. The van der Waals surface area contributed by atoms with Gasteiger partial charge in [-0.25, -0.2) is 4.98 Å². The van der Waals surface area contributed by atoms with Crippen LogP contribution < -0.4 is 10.6 Å². The first kappa shape index (κ1) is 13.5. The summed E-state index contributed by atoms with van der Waals surface area (Å²) >= 11 is 1.57. The number of nitrogens with one attached hydrogen (secondary N) is 2. The molecule has 2 aliphatic carbocycles. The van der Waals surface area contributed by atoms with Crippen LogP contribution in [0, 0.1) is 5.41 Å². The quantitative estimate of drug-likeness (QED) is 0.660. The van der Waals surface area contributed by atoms with Crippen LogP contribution in [0.3, 0.4) is 0 Å². The Hall–Kier alpha value is -1.43. The maximum absolute atomic E-state index is 12.3. The van der Waals surface area contributed by atoms with Crippen molar-refractivity contribution in [1.29, 1.82) is 0 Å². The van der Waals surface area contributed by atoms with Crippen molar-refractivity contribution >= 4 is 28.3 Å². The summed E-state index contributed by atoms with van der Waals surface area (Å²) in [6.45, 7) is 0. The number of rotatable bonds is 3. The third kappa shape index (κ3) is 2.32. The van der Waals surface area contributed by atoms with Crippen molar-refractivity contribution in [1.82, 2.24) is 10.3 Å². The zero-order valence-corrected chi connectivity index (χ0v) is 12.4. The number of anilines is 1. The van der Waals surface area contributed by atoms with Crippen LogP contribution in [-0.4, -0.2) is 23.8 Å². The molecule has 6 heteroatoms. The Morgan fingerprint density at radius 1 is 1.15 bits per heavy atom. The van der Waals surface area contributed by atoms with E-state index in [-0.39, 0.29) is 11.8 Å². The van der Waals surface area contributed by atoms with Crippen LogP contribution in [-0.2, 0) is 22.4 Å². The van der Waals surface area contributed by atoms with Crippen molar-refractivity contribution in [3.8, 4) is 0 Å². The van der Waals surface area contributed by atoms with Crippen LogP contribution in [0.25, 0.3) is 0 Å². The molecule has 0 unspecified atom stereocenters. The first-order valence-electron chi connectivity index (χ1n) is 7.18. The molecular formula is C14H19N3O2S. The molecule has 2 amide bonds. The molecule has 1 aromatic heterocycles. The van der Waals surface area contributed by atoms with Crippen molar-refractivity contribution in [2.24, 2.45) is 5.41 Å². The lowest BCUT2D eigenvalue weighted by molar-refractivity contribution is -0.134. The highest BCUT2D eigenvalue weighted by Crippen LogP contribution is 2.47. The molecule has 1 fully saturated rings. The molecule has 1 heterocycles. The molecule has 108 valence electrons. The Morgan fingerprint density at radius 2 is 1.90 bits per heavy atom. The van der Waals surface area contributed by atoms with E-state index in [0.29, 0.717) is 18.0 Å². The molecule has 20 heavy (non-hydrogen) atoms. The molecule has 0 bridgehead atoms. The lowest BCUT2D eigenvalue weighted by Crippen LogP contribution is -2.38. The second-order valence-electron chi connectivity index (χ2n) is 5.56. The van der Waals surface area contributed by atoms with E-state index >= 15 is 0 Å². The minimum absolute atomic E-state index is 0.187. The van der Waals surface area contributed by atoms with Crippen molar-refractivity contribution in [3.05, 3.63) is 10.6 Å². The molecule has 1 saturated carbocycles. The number of thiazole rings is 1. The van der Waals surface area contributed by atoms with Gasteiger partial charge in [0.2, 0.25) is 11.8 Å². The molecule has 2 N–H and O–H groups in total. The average Bonchev–Trinajstić information content (AvgIpc) is 3.21. The molecule has 0 aliphatic heterocycles. The summed E-state index contributed by atoms with van der Waals surface area (Å²) in [5.41, 5.74) is 0.283. The molecule has 3 rings (SSSR count). The lowest BCUT2D eigenvalue weighted by Gasteiger charge is -2.11. The Kier molecular flexibility index (Phi) is 3.50. The van der Waals surface area contributed by atoms with Crippen LogP contribution in [0.1, 0.15) is 42.7 Å². The average molecular weight is 293 g/mol. The Morgan fingerprint density at radius 3 is 2.60 bits per heavy atom. The van der Waals surface area contributed by atoms with E-state index < -0.39 is 5.41 Å². The Labute approximate surface area is 122 Å². The highest BCUT2D eigenvalue weighted by molar-refractivity contribution is 7.15. The number of carbonyl (C=O) groups excluding carboxylic acids is 2. The van der Waals surface area contributed by atoms with E-state index in [9.17, 15) is 9.59 Å². The predicted molar refractivity (Wildman–Crippen MR) is 77.7 cm³/mol. The molecule has 2 aliphatic rings. The monoisotopic (exact) mass is 293 g/mol. The summed E-state index contributed by atoms with van der Waals surface area (Å²) < 4.78 is 0. The predicted octanol–water partition coefficient (Wildman–Crippen LogP) is 1.88. The number of amides is 2. The number of carbonyl (C=O) groups is 2. The zero-order chi connectivity index (χ0) is 14.2. The minimum Gasteiger partial charge on any atom is -0.358 e. The number of fused-ring (bicyclic) bond motifs is 1. The summed E-state index contributed by atoms with van der Waals surface area (Å²) in [6.07, 6.45) is 6.94. The van der Waals surface area contributed by atoms with Crippen molar-refractivity contribution in [2.75, 3.05) is 12.4 Å². The van der Waals surface area contributed by atoms with Gasteiger partial charge in [0, 0.05) is 11.9 Å². The Bertz CT molecular complexity index is 525. The van der Waals surface area contributed by atoms with E-state index in [1.165, 1.54) is 24.1 Å². The summed E-state index contributed by atoms with van der Waals surface area (Å²) in [7, 11) is 1.57. The summed E-state index contributed by atoms with van der Waals surface area (Å²) in [5.74, 6) is -0.395. The third-order valence-corrected chi connectivity index (χ3v) is 5.24. The van der Waals surface area contributed by atoms with Crippen molar-refractivity contribution < 1.29 is 9.59 Å². The van der Waals surface area contributed by atoms with Gasteiger partial charge >= 0.3 is 0 Å². The highest BCUT2D eigenvalue weighted by atomic mass is 32.1. The molecular weight excluding hydrogens is 274 g/mol. The second kappa shape index (κ2) is 5.16. The van der Waals surface area contributed by atoms with Crippen LogP contribution in [0.15, 0.2) is 0 Å².